The Kier molecular flexibility index (Phi) is 7.53. The van der Waals surface area contributed by atoms with Crippen molar-refractivity contribution in [1.82, 2.24) is 0 Å². The normalized spacial score (nSPS) is 37.0. The summed E-state index contributed by atoms with van der Waals surface area (Å²) in [7, 11) is 0. The lowest BCUT2D eigenvalue weighted by Gasteiger charge is -2.32. The van der Waals surface area contributed by atoms with Crippen molar-refractivity contribution in [2.45, 2.75) is 57.0 Å². The highest BCUT2D eigenvalue weighted by Gasteiger charge is 2.80. The fourth-order valence-corrected chi connectivity index (χ4v) is 7.91. The number of rotatable bonds is 10. The Morgan fingerprint density at radius 3 is 1.58 bits per heavy atom. The van der Waals surface area contributed by atoms with E-state index in [4.69, 9.17) is 18.9 Å². The molecule has 4 saturated carbocycles. The van der Waals surface area contributed by atoms with E-state index in [1.54, 1.807) is 0 Å². The third kappa shape index (κ3) is 4.73. The molecule has 2 saturated heterocycles. The highest BCUT2D eigenvalue weighted by molar-refractivity contribution is 6.03. The second kappa shape index (κ2) is 10.7. The van der Waals surface area contributed by atoms with Crippen molar-refractivity contribution >= 4 is 47.8 Å². The highest BCUT2D eigenvalue weighted by atomic mass is 16.8. The predicted octanol–water partition coefficient (Wildman–Crippen LogP) is 0.416. The zero-order chi connectivity index (χ0) is 33.1. The zero-order valence-electron chi connectivity index (χ0n) is 24.1. The lowest BCUT2D eigenvalue weighted by atomic mass is 9.73. The maximum Gasteiger partial charge on any atom is 0.347 e. The van der Waals surface area contributed by atoms with Crippen LogP contribution in [-0.4, -0.2) is 82.8 Å². The summed E-state index contributed by atoms with van der Waals surface area (Å²) in [6.07, 6.45) is 2.77. The van der Waals surface area contributed by atoms with Crippen LogP contribution in [0.5, 0.6) is 0 Å². The summed E-state index contributed by atoms with van der Waals surface area (Å²) in [6, 6.07) is 0. The van der Waals surface area contributed by atoms with E-state index in [-0.39, 0.29) is 43.1 Å². The van der Waals surface area contributed by atoms with Crippen LogP contribution in [0.1, 0.15) is 45.4 Å². The minimum atomic E-state index is -1.63. The van der Waals surface area contributed by atoms with Gasteiger partial charge in [-0.2, -0.15) is 0 Å². The van der Waals surface area contributed by atoms with Crippen LogP contribution in [-0.2, 0) is 66.8 Å². The van der Waals surface area contributed by atoms with Gasteiger partial charge in [-0.25, -0.2) is 19.2 Å². The molecule has 0 aromatic heterocycles. The topological polar surface area (TPSA) is 232 Å². The average Bonchev–Trinajstić information content (AvgIpc) is 3.74. The summed E-state index contributed by atoms with van der Waals surface area (Å²) in [5, 5.41) is 18.9. The van der Waals surface area contributed by atoms with Crippen molar-refractivity contribution in [2.75, 3.05) is 13.2 Å². The molecular weight excluding hydrogens is 604 g/mol. The average molecular weight is 635 g/mol. The van der Waals surface area contributed by atoms with E-state index in [1.807, 2.05) is 0 Å². The van der Waals surface area contributed by atoms with E-state index in [9.17, 15) is 48.6 Å². The maximum absolute atomic E-state index is 12.1. The van der Waals surface area contributed by atoms with Crippen LogP contribution in [0.25, 0.3) is 0 Å². The number of fused-ring (bicyclic) bond motifs is 2. The third-order valence-electron chi connectivity index (χ3n) is 9.52. The molecule has 0 aromatic carbocycles. The van der Waals surface area contributed by atoms with E-state index in [2.05, 4.69) is 22.6 Å². The molecule has 8 atom stereocenters. The smallest absolute Gasteiger partial charge is 0.347 e. The van der Waals surface area contributed by atoms with Crippen molar-refractivity contribution < 1.29 is 77.0 Å². The molecule has 2 aliphatic heterocycles. The van der Waals surface area contributed by atoms with E-state index >= 15 is 0 Å². The van der Waals surface area contributed by atoms with Crippen LogP contribution >= 0.6 is 0 Å². The van der Waals surface area contributed by atoms with Gasteiger partial charge in [0.15, 0.2) is 24.0 Å². The molecule has 242 valence electrons. The van der Waals surface area contributed by atoms with E-state index < -0.39 is 95.2 Å². The van der Waals surface area contributed by atoms with E-state index in [0.717, 1.165) is 6.08 Å². The number of carbonyl (C=O) groups excluding carboxylic acids is 6. The molecule has 2 heterocycles. The molecule has 45 heavy (non-hydrogen) atoms. The number of hydrogen-bond donors (Lipinski definition) is 2. The first kappa shape index (κ1) is 31.7. The number of esters is 6. The molecule has 0 aromatic rings. The number of ether oxygens (including phenoxy) is 6. The van der Waals surface area contributed by atoms with Crippen molar-refractivity contribution in [3.8, 4) is 0 Å². The van der Waals surface area contributed by atoms with Gasteiger partial charge in [-0.05, 0) is 44.4 Å². The summed E-state index contributed by atoms with van der Waals surface area (Å²) in [6.45, 7) is 6.70. The van der Waals surface area contributed by atoms with Gasteiger partial charge in [0.1, 0.15) is 0 Å². The lowest BCUT2D eigenvalue weighted by molar-refractivity contribution is -0.227. The van der Waals surface area contributed by atoms with Crippen LogP contribution in [0.2, 0.25) is 0 Å². The molecular formula is C29H30O16. The summed E-state index contributed by atoms with van der Waals surface area (Å²) < 4.78 is 30.1. The van der Waals surface area contributed by atoms with Crippen molar-refractivity contribution in [3.05, 3.63) is 24.8 Å². The van der Waals surface area contributed by atoms with Crippen LogP contribution in [0.3, 0.4) is 0 Å². The number of hydrogen-bond acceptors (Lipinski definition) is 14. The Balaban J connectivity index is 0.000000178. The SMILES string of the molecule is C=C(C)C(=O)OCC(=O)OC12CC3CC1C(C(=O)O)(C3)C(=O)O2.C=CC(=O)OCC(=O)OC12CC3CC1C(C(=O)O)(C3)C(=O)O2. The predicted molar refractivity (Wildman–Crippen MR) is 139 cm³/mol. The fraction of sp³-hybridized carbons (Fsp3) is 0.586. The summed E-state index contributed by atoms with van der Waals surface area (Å²) in [4.78, 5) is 93.2. The largest absolute Gasteiger partial charge is 0.480 e. The first-order chi connectivity index (χ1) is 21.0. The Hall–Kier alpha value is -4.76. The third-order valence-corrected chi connectivity index (χ3v) is 9.52. The molecule has 0 radical (unpaired) electrons. The number of carbonyl (C=O) groups is 8. The molecule has 6 aliphatic rings. The number of carboxylic acid groups (broad SMARTS) is 2. The Morgan fingerprint density at radius 2 is 1.22 bits per heavy atom. The molecule has 6 fully saturated rings. The Bertz CT molecular complexity index is 1450. The van der Waals surface area contributed by atoms with Crippen molar-refractivity contribution in [3.63, 3.8) is 0 Å². The molecule has 4 aliphatic carbocycles. The van der Waals surface area contributed by atoms with Gasteiger partial charge in [0.2, 0.25) is 0 Å². The zero-order valence-corrected chi connectivity index (χ0v) is 24.1. The van der Waals surface area contributed by atoms with Crippen LogP contribution in [0.4, 0.5) is 0 Å². The van der Waals surface area contributed by atoms with Crippen LogP contribution < -0.4 is 0 Å². The van der Waals surface area contributed by atoms with Gasteiger partial charge >= 0.3 is 47.8 Å². The molecule has 0 amide bonds. The maximum atomic E-state index is 12.1. The monoisotopic (exact) mass is 634 g/mol. The van der Waals surface area contributed by atoms with E-state index in [1.165, 1.54) is 6.92 Å². The van der Waals surface area contributed by atoms with Gasteiger partial charge < -0.3 is 38.6 Å². The quantitative estimate of drug-likeness (QED) is 0.143. The molecule has 8 unspecified atom stereocenters. The van der Waals surface area contributed by atoms with E-state index in [0.29, 0.717) is 12.8 Å². The second-order valence-electron chi connectivity index (χ2n) is 12.2. The Labute approximate surface area is 254 Å². The molecule has 6 rings (SSSR count). The molecule has 0 spiro atoms. The summed E-state index contributed by atoms with van der Waals surface area (Å²) in [5.74, 6) is -12.1. The van der Waals surface area contributed by atoms with Crippen molar-refractivity contribution in [2.24, 2.45) is 34.5 Å². The van der Waals surface area contributed by atoms with Gasteiger partial charge in [0.05, 0.1) is 11.8 Å². The minimum absolute atomic E-state index is 0.0453. The lowest BCUT2D eigenvalue weighted by Crippen LogP contribution is -2.46. The summed E-state index contributed by atoms with van der Waals surface area (Å²) >= 11 is 0. The number of carboxylic acids is 2. The molecule has 16 nitrogen and oxygen atoms in total. The molecule has 16 heteroatoms. The Morgan fingerprint density at radius 1 is 0.800 bits per heavy atom. The van der Waals surface area contributed by atoms with Crippen LogP contribution in [0, 0.1) is 34.5 Å². The fourth-order valence-electron chi connectivity index (χ4n) is 7.91. The molecule has 2 N–H and O–H groups in total. The highest BCUT2D eigenvalue weighted by Crippen LogP contribution is 2.68. The standard InChI is InChI=1S/C15H16O8.C14H14O8/c1-7(2)11(17)21-6-10(16)22-15-5-8-3-9(15)14(4-8,12(18)19)13(20)23-15;1-2-9(15)20-6-10(16)21-14-5-7-3-8(14)13(4-7,11(17)18)12(19)22-14/h8-9H,1,3-6H2,2H3,(H,18,19);2,7-8H,1,3-6H2,(H,17,18). The van der Waals surface area contributed by atoms with Crippen LogP contribution in [0.15, 0.2) is 24.8 Å². The number of aliphatic carboxylic acids is 2. The van der Waals surface area contributed by atoms with Gasteiger partial charge in [-0.3, -0.25) is 19.2 Å². The molecule has 4 bridgehead atoms. The summed E-state index contributed by atoms with van der Waals surface area (Å²) in [5.41, 5.74) is -3.12. The van der Waals surface area contributed by atoms with Gasteiger partial charge in [0, 0.05) is 24.5 Å². The van der Waals surface area contributed by atoms with Crippen molar-refractivity contribution in [1.29, 1.82) is 0 Å². The minimum Gasteiger partial charge on any atom is -0.480 e. The van der Waals surface area contributed by atoms with Gasteiger partial charge in [-0.1, -0.05) is 13.2 Å². The van der Waals surface area contributed by atoms with Gasteiger partial charge in [0.25, 0.3) is 11.6 Å². The second-order valence-corrected chi connectivity index (χ2v) is 12.2. The first-order valence-corrected chi connectivity index (χ1v) is 14.0. The first-order valence-electron chi connectivity index (χ1n) is 14.0. The van der Waals surface area contributed by atoms with Gasteiger partial charge in [-0.15, -0.1) is 0 Å².